The first-order valence-corrected chi connectivity index (χ1v) is 11.1. The number of carbonyl (C=O) groups excluding carboxylic acids is 1. The van der Waals surface area contributed by atoms with Gasteiger partial charge >= 0.3 is 6.09 Å². The minimum absolute atomic E-state index is 0.0570. The molecule has 3 aromatic carbocycles. The molecule has 7 heteroatoms. The van der Waals surface area contributed by atoms with E-state index in [0.717, 1.165) is 5.56 Å². The second-order valence-corrected chi connectivity index (χ2v) is 9.39. The highest BCUT2D eigenvalue weighted by Crippen LogP contribution is 2.39. The molecule has 4 rings (SSSR count). The molecule has 1 saturated heterocycles. The van der Waals surface area contributed by atoms with Gasteiger partial charge in [0, 0.05) is 5.69 Å². The lowest BCUT2D eigenvalue weighted by molar-refractivity contribution is -0.00648. The number of aromatic hydroxyl groups is 1. The van der Waals surface area contributed by atoms with E-state index in [-0.39, 0.29) is 17.8 Å². The second-order valence-electron chi connectivity index (χ2n) is 9.39. The number of hydrogen-bond acceptors (Lipinski definition) is 5. The third-order valence-electron chi connectivity index (χ3n) is 5.86. The van der Waals surface area contributed by atoms with Crippen molar-refractivity contribution in [2.24, 2.45) is 0 Å². The van der Waals surface area contributed by atoms with Gasteiger partial charge in [-0.15, -0.1) is 0 Å². The van der Waals surface area contributed by atoms with Crippen LogP contribution in [0.2, 0.25) is 0 Å². The monoisotopic (exact) mass is 465 g/mol. The lowest BCUT2D eigenvalue weighted by Gasteiger charge is -2.27. The van der Waals surface area contributed by atoms with Crippen molar-refractivity contribution in [2.45, 2.75) is 44.4 Å². The van der Waals surface area contributed by atoms with Crippen LogP contribution in [0.1, 0.15) is 37.9 Å². The van der Waals surface area contributed by atoms with Crippen molar-refractivity contribution in [1.82, 2.24) is 0 Å². The van der Waals surface area contributed by atoms with E-state index >= 15 is 0 Å². The Morgan fingerprint density at radius 3 is 2.38 bits per heavy atom. The van der Waals surface area contributed by atoms with Crippen LogP contribution in [0, 0.1) is 5.82 Å². The SMILES string of the molecule is CC(C)(C)c1cccc(OCC(O)C2OC(=O)N(c3ccc(F)cc3)[C@@H]2c2ccc(O)cc2)c1. The van der Waals surface area contributed by atoms with Crippen LogP contribution in [0.15, 0.2) is 72.8 Å². The predicted molar refractivity (Wildman–Crippen MR) is 127 cm³/mol. The van der Waals surface area contributed by atoms with E-state index in [1.807, 2.05) is 24.3 Å². The van der Waals surface area contributed by atoms with Crippen molar-refractivity contribution in [2.75, 3.05) is 11.5 Å². The van der Waals surface area contributed by atoms with Gasteiger partial charge in [0.25, 0.3) is 0 Å². The maximum Gasteiger partial charge on any atom is 0.415 e. The second kappa shape index (κ2) is 9.35. The van der Waals surface area contributed by atoms with Crippen LogP contribution in [0.25, 0.3) is 0 Å². The van der Waals surface area contributed by atoms with E-state index in [1.165, 1.54) is 41.3 Å². The molecule has 178 valence electrons. The Morgan fingerprint density at radius 1 is 1.06 bits per heavy atom. The largest absolute Gasteiger partial charge is 0.508 e. The van der Waals surface area contributed by atoms with Crippen molar-refractivity contribution in [1.29, 1.82) is 0 Å². The van der Waals surface area contributed by atoms with Crippen LogP contribution in [0.3, 0.4) is 0 Å². The maximum atomic E-state index is 13.5. The smallest absolute Gasteiger partial charge is 0.415 e. The highest BCUT2D eigenvalue weighted by molar-refractivity contribution is 5.91. The number of ether oxygens (including phenoxy) is 2. The molecule has 6 nitrogen and oxygen atoms in total. The van der Waals surface area contributed by atoms with Crippen molar-refractivity contribution < 1.29 is 28.9 Å². The number of cyclic esters (lactones) is 1. The number of aliphatic hydroxyl groups excluding tert-OH is 1. The van der Waals surface area contributed by atoms with E-state index in [4.69, 9.17) is 9.47 Å². The number of amides is 1. The molecule has 34 heavy (non-hydrogen) atoms. The number of phenols is 1. The predicted octanol–water partition coefficient (Wildman–Crippen LogP) is 5.34. The van der Waals surface area contributed by atoms with Gasteiger partial charge < -0.3 is 19.7 Å². The lowest BCUT2D eigenvalue weighted by Crippen LogP contribution is -2.38. The maximum absolute atomic E-state index is 13.5. The van der Waals surface area contributed by atoms with Gasteiger partial charge in [0.1, 0.15) is 36.1 Å². The van der Waals surface area contributed by atoms with Gasteiger partial charge in [0.05, 0.1) is 0 Å². The van der Waals surface area contributed by atoms with E-state index in [9.17, 15) is 19.4 Å². The number of carbonyl (C=O) groups is 1. The summed E-state index contributed by atoms with van der Waals surface area (Å²) in [5, 5.41) is 20.7. The zero-order valence-electron chi connectivity index (χ0n) is 19.3. The summed E-state index contributed by atoms with van der Waals surface area (Å²) in [5.41, 5.74) is 2.11. The van der Waals surface area contributed by atoms with E-state index in [1.54, 1.807) is 12.1 Å². The molecule has 0 aromatic heterocycles. The Labute approximate surface area is 198 Å². The Bertz CT molecular complexity index is 1140. The molecule has 0 spiro atoms. The van der Waals surface area contributed by atoms with Crippen LogP contribution in [-0.4, -0.2) is 35.1 Å². The van der Waals surface area contributed by atoms with Crippen LogP contribution < -0.4 is 9.64 Å². The molecule has 2 unspecified atom stereocenters. The summed E-state index contributed by atoms with van der Waals surface area (Å²) in [7, 11) is 0. The Balaban J connectivity index is 1.59. The summed E-state index contributed by atoms with van der Waals surface area (Å²) in [6.45, 7) is 6.21. The van der Waals surface area contributed by atoms with Crippen LogP contribution in [0.4, 0.5) is 14.9 Å². The molecule has 0 radical (unpaired) electrons. The number of rotatable bonds is 6. The fourth-order valence-corrected chi connectivity index (χ4v) is 3.99. The van der Waals surface area contributed by atoms with Gasteiger partial charge in [-0.3, -0.25) is 4.90 Å². The number of anilines is 1. The molecule has 1 aliphatic heterocycles. The minimum atomic E-state index is -1.15. The fourth-order valence-electron chi connectivity index (χ4n) is 3.99. The van der Waals surface area contributed by atoms with Crippen molar-refractivity contribution in [3.05, 3.63) is 89.7 Å². The number of nitrogens with zero attached hydrogens (tertiary/aromatic N) is 1. The summed E-state index contributed by atoms with van der Waals surface area (Å²) < 4.78 is 24.9. The summed E-state index contributed by atoms with van der Waals surface area (Å²) in [4.78, 5) is 14.2. The zero-order valence-corrected chi connectivity index (χ0v) is 19.3. The summed E-state index contributed by atoms with van der Waals surface area (Å²) in [5.74, 6) is 0.244. The van der Waals surface area contributed by atoms with Crippen LogP contribution in [0.5, 0.6) is 11.5 Å². The van der Waals surface area contributed by atoms with E-state index in [0.29, 0.717) is 17.0 Å². The standard InChI is InChI=1S/C27H28FNO5/c1-27(2,3)18-5-4-6-22(15-18)33-16-23(31)25-24(17-7-13-21(30)14-8-17)29(26(32)34-25)20-11-9-19(28)10-12-20/h4-15,23-25,30-31H,16H2,1-3H3/t23?,24-,25?/m1/s1. The summed E-state index contributed by atoms with van der Waals surface area (Å²) in [6.07, 6.45) is -2.76. The Morgan fingerprint density at radius 2 is 1.74 bits per heavy atom. The third kappa shape index (κ3) is 4.99. The van der Waals surface area contributed by atoms with Crippen molar-refractivity contribution in [3.8, 4) is 11.5 Å². The highest BCUT2D eigenvalue weighted by Gasteiger charge is 2.47. The van der Waals surface area contributed by atoms with Gasteiger partial charge in [-0.1, -0.05) is 45.0 Å². The molecule has 0 bridgehead atoms. The van der Waals surface area contributed by atoms with Gasteiger partial charge in [0.15, 0.2) is 6.10 Å². The first-order chi connectivity index (χ1) is 16.1. The Kier molecular flexibility index (Phi) is 6.48. The van der Waals surface area contributed by atoms with Crippen LogP contribution >= 0.6 is 0 Å². The topological polar surface area (TPSA) is 79.2 Å². The number of halogens is 1. The molecule has 3 aromatic rings. The summed E-state index contributed by atoms with van der Waals surface area (Å²) in [6, 6.07) is 18.7. The molecular formula is C27H28FNO5. The summed E-state index contributed by atoms with van der Waals surface area (Å²) >= 11 is 0. The van der Waals surface area contributed by atoms with Crippen LogP contribution in [-0.2, 0) is 10.2 Å². The number of hydrogen-bond donors (Lipinski definition) is 2. The van der Waals surface area contributed by atoms with E-state index < -0.39 is 30.2 Å². The van der Waals surface area contributed by atoms with Crippen molar-refractivity contribution >= 4 is 11.8 Å². The molecule has 3 atom stereocenters. The molecular weight excluding hydrogens is 437 g/mol. The van der Waals surface area contributed by atoms with Gasteiger partial charge in [-0.2, -0.15) is 0 Å². The number of phenolic OH excluding ortho intramolecular Hbond substituents is 1. The Hall–Kier alpha value is -3.58. The average Bonchev–Trinajstić information content (AvgIpc) is 3.15. The molecule has 0 aliphatic carbocycles. The normalized spacial score (nSPS) is 19.1. The first-order valence-electron chi connectivity index (χ1n) is 11.1. The molecule has 0 saturated carbocycles. The number of aliphatic hydroxyl groups is 1. The van der Waals surface area contributed by atoms with Crippen molar-refractivity contribution in [3.63, 3.8) is 0 Å². The third-order valence-corrected chi connectivity index (χ3v) is 5.86. The minimum Gasteiger partial charge on any atom is -0.508 e. The fraction of sp³-hybridized carbons (Fsp3) is 0.296. The van der Waals surface area contributed by atoms with Gasteiger partial charge in [-0.05, 0) is 65.1 Å². The molecule has 1 aliphatic rings. The number of benzene rings is 3. The first kappa shape index (κ1) is 23.6. The quantitative estimate of drug-likeness (QED) is 0.514. The molecule has 1 heterocycles. The highest BCUT2D eigenvalue weighted by atomic mass is 19.1. The van der Waals surface area contributed by atoms with Gasteiger partial charge in [-0.25, -0.2) is 9.18 Å². The van der Waals surface area contributed by atoms with E-state index in [2.05, 4.69) is 20.8 Å². The zero-order chi connectivity index (χ0) is 24.5. The average molecular weight is 466 g/mol. The molecule has 1 amide bonds. The molecule has 1 fully saturated rings. The van der Waals surface area contributed by atoms with Gasteiger partial charge in [0.2, 0.25) is 0 Å². The lowest BCUT2D eigenvalue weighted by atomic mass is 9.87. The molecule has 2 N–H and O–H groups in total.